The van der Waals surface area contributed by atoms with Crippen LogP contribution >= 0.6 is 11.6 Å². The number of carbonyl (C=O) groups is 3. The number of hydrogen-bond acceptors (Lipinski definition) is 5. The first-order valence-corrected chi connectivity index (χ1v) is 10.3. The van der Waals surface area contributed by atoms with E-state index in [1.165, 1.54) is 31.2 Å². The number of nitrogens with one attached hydrogen (secondary N) is 1. The van der Waals surface area contributed by atoms with Crippen molar-refractivity contribution in [3.63, 3.8) is 0 Å². The van der Waals surface area contributed by atoms with Crippen LogP contribution in [-0.2, 0) is 9.53 Å². The van der Waals surface area contributed by atoms with E-state index in [1.54, 1.807) is 54.6 Å². The minimum Gasteiger partial charge on any atom is -0.453 e. The molecule has 3 aromatic carbocycles. The Morgan fingerprint density at radius 3 is 2.16 bits per heavy atom. The summed E-state index contributed by atoms with van der Waals surface area (Å²) < 4.78 is 18.6. The van der Waals surface area contributed by atoms with Crippen LogP contribution < -0.4 is 5.32 Å². The first kappa shape index (κ1) is 23.2. The van der Waals surface area contributed by atoms with E-state index in [-0.39, 0.29) is 12.2 Å². The van der Waals surface area contributed by atoms with Crippen molar-refractivity contribution in [2.45, 2.75) is 25.5 Å². The number of ketones is 2. The predicted octanol–water partition coefficient (Wildman–Crippen LogP) is 5.35. The Morgan fingerprint density at radius 2 is 1.53 bits per heavy atom. The molecule has 2 unspecified atom stereocenters. The molecule has 0 aliphatic heterocycles. The predicted molar refractivity (Wildman–Crippen MR) is 121 cm³/mol. The Bertz CT molecular complexity index is 1090. The van der Waals surface area contributed by atoms with E-state index in [4.69, 9.17) is 16.3 Å². The van der Waals surface area contributed by atoms with Gasteiger partial charge in [-0.2, -0.15) is 0 Å². The molecule has 0 saturated heterocycles. The molecule has 0 aliphatic carbocycles. The molecule has 0 bridgehead atoms. The number of carbonyl (C=O) groups excluding carboxylic acids is 3. The van der Waals surface area contributed by atoms with Crippen LogP contribution in [0.15, 0.2) is 78.9 Å². The fourth-order valence-electron chi connectivity index (χ4n) is 3.03. The molecular weight excluding hydrogens is 433 g/mol. The average Bonchev–Trinajstić information content (AvgIpc) is 2.80. The van der Waals surface area contributed by atoms with Gasteiger partial charge in [-0.25, -0.2) is 9.18 Å². The molecule has 0 aromatic heterocycles. The van der Waals surface area contributed by atoms with Gasteiger partial charge in [0.25, 0.3) is 0 Å². The maximum atomic E-state index is 13.2. The number of rotatable bonds is 9. The van der Waals surface area contributed by atoms with Crippen molar-refractivity contribution in [3.8, 4) is 0 Å². The molecule has 0 radical (unpaired) electrons. The highest BCUT2D eigenvalue weighted by Gasteiger charge is 2.28. The molecular formula is C25H21ClFNO4. The van der Waals surface area contributed by atoms with Gasteiger partial charge < -0.3 is 10.1 Å². The van der Waals surface area contributed by atoms with Crippen molar-refractivity contribution in [2.24, 2.45) is 0 Å². The second-order valence-corrected chi connectivity index (χ2v) is 7.58. The number of esters is 1. The minimum absolute atomic E-state index is 0.206. The van der Waals surface area contributed by atoms with Crippen LogP contribution in [0.4, 0.5) is 10.1 Å². The summed E-state index contributed by atoms with van der Waals surface area (Å²) in [5.41, 5.74) is 1.22. The zero-order valence-corrected chi connectivity index (χ0v) is 18.0. The second kappa shape index (κ2) is 10.7. The second-order valence-electron chi connectivity index (χ2n) is 7.15. The van der Waals surface area contributed by atoms with Gasteiger partial charge in [-0.1, -0.05) is 41.9 Å². The number of benzene rings is 3. The fourth-order valence-corrected chi connectivity index (χ4v) is 3.15. The van der Waals surface area contributed by atoms with Gasteiger partial charge in [-0.3, -0.25) is 9.59 Å². The standard InChI is InChI=1S/C25H21ClFNO4/c1-16(24(30)18-7-9-19(26)10-8-18)32-25(31)22(28-21-13-11-20(27)12-14-21)15-23(29)17-5-3-2-4-6-17/h2-14,16,22,28H,15H2,1H3. The topological polar surface area (TPSA) is 72.5 Å². The van der Waals surface area contributed by atoms with Crippen molar-refractivity contribution in [2.75, 3.05) is 5.32 Å². The zero-order valence-electron chi connectivity index (χ0n) is 17.3. The Kier molecular flexibility index (Phi) is 7.73. The molecule has 0 fully saturated rings. The van der Waals surface area contributed by atoms with Crippen molar-refractivity contribution in [3.05, 3.63) is 101 Å². The number of Topliss-reactive ketones (excluding diaryl/α,β-unsaturated/α-hetero) is 2. The van der Waals surface area contributed by atoms with Crippen LogP contribution in [0.5, 0.6) is 0 Å². The first-order chi connectivity index (χ1) is 15.3. The quantitative estimate of drug-likeness (QED) is 0.349. The lowest BCUT2D eigenvalue weighted by molar-refractivity contribution is -0.147. The van der Waals surface area contributed by atoms with Crippen LogP contribution in [0, 0.1) is 5.82 Å². The van der Waals surface area contributed by atoms with E-state index < -0.39 is 29.7 Å². The summed E-state index contributed by atoms with van der Waals surface area (Å²) in [6, 6.07) is 19.0. The number of ether oxygens (including phenoxy) is 1. The van der Waals surface area contributed by atoms with Crippen LogP contribution in [0.2, 0.25) is 5.02 Å². The van der Waals surface area contributed by atoms with Crippen molar-refractivity contribution in [1.82, 2.24) is 0 Å². The van der Waals surface area contributed by atoms with Crippen LogP contribution in [-0.4, -0.2) is 29.7 Å². The van der Waals surface area contributed by atoms with Crippen LogP contribution in [0.3, 0.4) is 0 Å². The Balaban J connectivity index is 1.75. The minimum atomic E-state index is -1.08. The summed E-state index contributed by atoms with van der Waals surface area (Å²) in [4.78, 5) is 38.2. The van der Waals surface area contributed by atoms with Gasteiger partial charge in [-0.15, -0.1) is 0 Å². The van der Waals surface area contributed by atoms with Crippen LogP contribution in [0.1, 0.15) is 34.1 Å². The average molecular weight is 454 g/mol. The summed E-state index contributed by atoms with van der Waals surface area (Å²) >= 11 is 5.85. The molecule has 0 amide bonds. The summed E-state index contributed by atoms with van der Waals surface area (Å²) in [6.07, 6.45) is -1.28. The highest BCUT2D eigenvalue weighted by atomic mass is 35.5. The molecule has 164 valence electrons. The van der Waals surface area contributed by atoms with Gasteiger partial charge in [0, 0.05) is 28.3 Å². The highest BCUT2D eigenvalue weighted by molar-refractivity contribution is 6.30. The summed E-state index contributed by atoms with van der Waals surface area (Å²) in [6.45, 7) is 1.46. The maximum Gasteiger partial charge on any atom is 0.329 e. The lowest BCUT2D eigenvalue weighted by Gasteiger charge is -2.21. The normalized spacial score (nSPS) is 12.5. The van der Waals surface area contributed by atoms with E-state index in [2.05, 4.69) is 5.32 Å². The molecule has 0 aliphatic rings. The highest BCUT2D eigenvalue weighted by Crippen LogP contribution is 2.17. The van der Waals surface area contributed by atoms with Gasteiger partial charge in [0.1, 0.15) is 11.9 Å². The van der Waals surface area contributed by atoms with Gasteiger partial charge in [0.2, 0.25) is 5.78 Å². The monoisotopic (exact) mass is 453 g/mol. The smallest absolute Gasteiger partial charge is 0.329 e. The molecule has 0 spiro atoms. The Labute approximate surface area is 190 Å². The Morgan fingerprint density at radius 1 is 0.906 bits per heavy atom. The van der Waals surface area contributed by atoms with E-state index in [0.29, 0.717) is 21.8 Å². The number of hydrogen-bond donors (Lipinski definition) is 1. The Hall–Kier alpha value is -3.51. The van der Waals surface area contributed by atoms with Crippen molar-refractivity contribution < 1.29 is 23.5 Å². The lowest BCUT2D eigenvalue weighted by atomic mass is 10.0. The van der Waals surface area contributed by atoms with E-state index >= 15 is 0 Å². The number of anilines is 1. The zero-order chi connectivity index (χ0) is 23.1. The summed E-state index contributed by atoms with van der Waals surface area (Å²) in [7, 11) is 0. The third-order valence-electron chi connectivity index (χ3n) is 4.75. The third-order valence-corrected chi connectivity index (χ3v) is 5.00. The fraction of sp³-hybridized carbons (Fsp3) is 0.160. The molecule has 0 heterocycles. The lowest BCUT2D eigenvalue weighted by Crippen LogP contribution is -2.37. The SMILES string of the molecule is CC(OC(=O)C(CC(=O)c1ccccc1)Nc1ccc(F)cc1)C(=O)c1ccc(Cl)cc1. The van der Waals surface area contributed by atoms with Crippen LogP contribution in [0.25, 0.3) is 0 Å². The summed E-state index contributed by atoms with van der Waals surface area (Å²) in [5, 5.41) is 3.39. The van der Waals surface area contributed by atoms with Crippen molar-refractivity contribution in [1.29, 1.82) is 0 Å². The molecule has 2 atom stereocenters. The van der Waals surface area contributed by atoms with Gasteiger partial charge in [-0.05, 0) is 55.5 Å². The van der Waals surface area contributed by atoms with Gasteiger partial charge in [0.05, 0.1) is 0 Å². The molecule has 7 heteroatoms. The first-order valence-electron chi connectivity index (χ1n) is 9.94. The van der Waals surface area contributed by atoms with Crippen molar-refractivity contribution >= 4 is 34.8 Å². The molecule has 3 rings (SSSR count). The number of halogens is 2. The van der Waals surface area contributed by atoms with Gasteiger partial charge >= 0.3 is 5.97 Å². The molecule has 1 N–H and O–H groups in total. The molecule has 32 heavy (non-hydrogen) atoms. The molecule has 0 saturated carbocycles. The van der Waals surface area contributed by atoms with Gasteiger partial charge in [0.15, 0.2) is 11.9 Å². The van der Waals surface area contributed by atoms with E-state index in [9.17, 15) is 18.8 Å². The largest absolute Gasteiger partial charge is 0.453 e. The summed E-state index contributed by atoms with van der Waals surface area (Å²) in [5.74, 6) is -1.88. The molecule has 5 nitrogen and oxygen atoms in total. The maximum absolute atomic E-state index is 13.2. The third kappa shape index (κ3) is 6.25. The van der Waals surface area contributed by atoms with E-state index in [1.807, 2.05) is 0 Å². The molecule has 3 aromatic rings. The van der Waals surface area contributed by atoms with E-state index in [0.717, 1.165) is 0 Å².